The first-order valence-corrected chi connectivity index (χ1v) is 20.6. The molecule has 306 valence electrons. The summed E-state index contributed by atoms with van der Waals surface area (Å²) in [5.74, 6) is -1.06. The maximum absolute atomic E-state index is 15.3. The van der Waals surface area contributed by atoms with Crippen LogP contribution in [0.2, 0.25) is 5.02 Å². The molecule has 12 nitrogen and oxygen atoms in total. The summed E-state index contributed by atoms with van der Waals surface area (Å²) >= 11 is 6.23. The first kappa shape index (κ1) is 41.1. The number of ether oxygens (including phenoxy) is 1. The second-order valence-corrected chi connectivity index (χ2v) is 17.6. The number of nitriles is 1. The van der Waals surface area contributed by atoms with E-state index < -0.39 is 11.9 Å². The molecule has 7 rings (SSSR count). The van der Waals surface area contributed by atoms with Gasteiger partial charge in [0.2, 0.25) is 11.8 Å². The molecule has 4 amide bonds. The van der Waals surface area contributed by atoms with Crippen LogP contribution in [0.15, 0.2) is 48.7 Å². The van der Waals surface area contributed by atoms with E-state index in [2.05, 4.69) is 54.3 Å². The van der Waals surface area contributed by atoms with Crippen LogP contribution >= 0.6 is 11.6 Å². The predicted octanol–water partition coefficient (Wildman–Crippen LogP) is 6.04. The minimum atomic E-state index is -0.726. The molecule has 3 fully saturated rings. The lowest BCUT2D eigenvalue weighted by atomic mass is 9.49. The Balaban J connectivity index is 0.802. The largest absolute Gasteiger partial charge is 0.489 e. The Morgan fingerprint density at radius 3 is 2.43 bits per heavy atom. The van der Waals surface area contributed by atoms with Gasteiger partial charge in [-0.25, -0.2) is 4.39 Å². The fourth-order valence-electron chi connectivity index (χ4n) is 9.54. The molecule has 4 aliphatic rings. The van der Waals surface area contributed by atoms with E-state index in [1.54, 1.807) is 30.5 Å². The fraction of sp³-hybridized carbons (Fsp3) is 0.500. The zero-order valence-corrected chi connectivity index (χ0v) is 34.3. The van der Waals surface area contributed by atoms with Crippen molar-refractivity contribution in [2.45, 2.75) is 97.4 Å². The minimum Gasteiger partial charge on any atom is -0.489 e. The van der Waals surface area contributed by atoms with Gasteiger partial charge in [-0.15, -0.1) is 0 Å². The highest BCUT2D eigenvalue weighted by Crippen LogP contribution is 2.55. The number of piperazine rings is 1. The van der Waals surface area contributed by atoms with Crippen LogP contribution in [0.5, 0.6) is 5.75 Å². The van der Waals surface area contributed by atoms with Crippen LogP contribution in [-0.2, 0) is 22.6 Å². The molecular formula is C44H51ClFN7O5. The summed E-state index contributed by atoms with van der Waals surface area (Å²) in [6, 6.07) is 13.1. The highest BCUT2D eigenvalue weighted by molar-refractivity contribution is 6.31. The lowest BCUT2D eigenvalue weighted by molar-refractivity contribution is -0.164. The van der Waals surface area contributed by atoms with Crippen LogP contribution in [-0.4, -0.2) is 89.3 Å². The molecule has 3 aromatic rings. The third-order valence-corrected chi connectivity index (χ3v) is 12.8. The fourth-order valence-corrected chi connectivity index (χ4v) is 9.75. The lowest BCUT2D eigenvalue weighted by Gasteiger charge is -2.63. The quantitative estimate of drug-likeness (QED) is 0.156. The highest BCUT2D eigenvalue weighted by atomic mass is 35.5. The number of rotatable bonds is 13. The number of hydrogen-bond donors (Lipinski definition) is 2. The van der Waals surface area contributed by atoms with E-state index in [4.69, 9.17) is 16.3 Å². The van der Waals surface area contributed by atoms with Crippen LogP contribution in [0.3, 0.4) is 0 Å². The number of nitrogens with zero attached hydrogens (tertiary/aromatic N) is 5. The third kappa shape index (κ3) is 8.27. The summed E-state index contributed by atoms with van der Waals surface area (Å²) in [6.07, 6.45) is 6.96. The van der Waals surface area contributed by atoms with E-state index in [9.17, 15) is 24.4 Å². The van der Waals surface area contributed by atoms with Gasteiger partial charge in [-0.1, -0.05) is 52.1 Å². The van der Waals surface area contributed by atoms with Crippen molar-refractivity contribution in [3.8, 4) is 11.8 Å². The van der Waals surface area contributed by atoms with E-state index in [-0.39, 0.29) is 65.9 Å². The number of pyridine rings is 1. The van der Waals surface area contributed by atoms with E-state index in [0.29, 0.717) is 51.8 Å². The molecular weight excluding hydrogens is 761 g/mol. The summed E-state index contributed by atoms with van der Waals surface area (Å²) in [6.45, 7) is 12.3. The van der Waals surface area contributed by atoms with E-state index in [1.807, 2.05) is 17.0 Å². The number of piperidine rings is 1. The Kier molecular flexibility index (Phi) is 11.8. The lowest BCUT2D eigenvalue weighted by Crippen LogP contribution is -2.74. The van der Waals surface area contributed by atoms with E-state index in [0.717, 1.165) is 57.4 Å². The molecule has 58 heavy (non-hydrogen) atoms. The van der Waals surface area contributed by atoms with Gasteiger partial charge in [0.1, 0.15) is 29.8 Å². The summed E-state index contributed by atoms with van der Waals surface area (Å²) < 4.78 is 21.7. The number of unbranched alkanes of at least 4 members (excludes halogenated alkanes) is 3. The van der Waals surface area contributed by atoms with Crippen molar-refractivity contribution >= 4 is 40.9 Å². The topological polar surface area (TPSA) is 148 Å². The number of halogens is 2. The van der Waals surface area contributed by atoms with Gasteiger partial charge in [0.15, 0.2) is 0 Å². The van der Waals surface area contributed by atoms with Crippen molar-refractivity contribution < 1.29 is 28.3 Å². The number of fused-ring (bicyclic) bond motifs is 1. The maximum Gasteiger partial charge on any atom is 0.255 e. The van der Waals surface area contributed by atoms with Gasteiger partial charge >= 0.3 is 0 Å². The van der Waals surface area contributed by atoms with Gasteiger partial charge in [0.25, 0.3) is 11.8 Å². The number of benzene rings is 2. The van der Waals surface area contributed by atoms with Crippen molar-refractivity contribution in [3.63, 3.8) is 0 Å². The van der Waals surface area contributed by atoms with Gasteiger partial charge in [-0.05, 0) is 74.2 Å². The Bertz CT molecular complexity index is 2110. The molecule has 0 spiro atoms. The molecule has 0 radical (unpaired) electrons. The van der Waals surface area contributed by atoms with Gasteiger partial charge in [0.05, 0.1) is 21.8 Å². The van der Waals surface area contributed by atoms with Gasteiger partial charge in [0, 0.05) is 79.5 Å². The van der Waals surface area contributed by atoms with Crippen molar-refractivity contribution in [2.24, 2.45) is 10.8 Å². The number of aryl methyl sites for hydroxylation is 1. The van der Waals surface area contributed by atoms with Crippen molar-refractivity contribution in [3.05, 3.63) is 87.4 Å². The summed E-state index contributed by atoms with van der Waals surface area (Å²) in [5, 5.41) is 15.1. The van der Waals surface area contributed by atoms with Crippen LogP contribution < -0.4 is 20.3 Å². The highest BCUT2D eigenvalue weighted by Gasteiger charge is 2.64. The number of hydrogen-bond acceptors (Lipinski definition) is 9. The second kappa shape index (κ2) is 16.7. The maximum atomic E-state index is 15.3. The van der Waals surface area contributed by atoms with Gasteiger partial charge in [-0.3, -0.25) is 34.4 Å². The van der Waals surface area contributed by atoms with Crippen molar-refractivity contribution in [2.75, 3.05) is 37.6 Å². The Morgan fingerprint density at radius 2 is 1.76 bits per heavy atom. The first-order valence-electron chi connectivity index (χ1n) is 20.2. The summed E-state index contributed by atoms with van der Waals surface area (Å²) in [5.41, 5.74) is 2.54. The monoisotopic (exact) mass is 811 g/mol. The standard InChI is InChI=1S/C44H51ClFN7O5/c1-43(2)41(44(3,4)42(43)58-31-13-11-27(24-47)33(45)22-31)50-38(55)28-10-12-30(48-25-28)9-7-5-6-8-16-51-17-19-52(20-18-51)36-23-32-29(21-34(36)46)26-53(40(32)57)35-14-15-37(54)49-39(35)56/h10-13,21-23,25,35,41-42H,5-9,14-20,26H2,1-4H3,(H,50,55)(H,49,54,56)/t35-,41-,42-/m0/s1. The summed E-state index contributed by atoms with van der Waals surface area (Å²) in [4.78, 5) is 61.0. The average Bonchev–Trinajstić information content (AvgIpc) is 3.51. The Morgan fingerprint density at radius 1 is 1.02 bits per heavy atom. The molecule has 1 aliphatic carbocycles. The number of carbonyl (C=O) groups is 4. The summed E-state index contributed by atoms with van der Waals surface area (Å²) in [7, 11) is 0. The third-order valence-electron chi connectivity index (χ3n) is 12.5. The zero-order chi connectivity index (χ0) is 41.4. The number of amides is 4. The van der Waals surface area contributed by atoms with Crippen LogP contribution in [0, 0.1) is 28.0 Å². The molecule has 2 aromatic carbocycles. The van der Waals surface area contributed by atoms with Crippen LogP contribution in [0.25, 0.3) is 0 Å². The molecule has 1 aromatic heterocycles. The van der Waals surface area contributed by atoms with E-state index >= 15 is 4.39 Å². The molecule has 2 saturated heterocycles. The molecule has 0 bridgehead atoms. The number of aromatic nitrogens is 1. The van der Waals surface area contributed by atoms with Crippen molar-refractivity contribution in [1.29, 1.82) is 5.26 Å². The number of imide groups is 1. The average molecular weight is 812 g/mol. The first-order chi connectivity index (χ1) is 27.7. The normalized spacial score (nSPS) is 22.5. The Labute approximate surface area is 344 Å². The molecule has 4 heterocycles. The molecule has 3 aliphatic heterocycles. The van der Waals surface area contributed by atoms with Crippen molar-refractivity contribution in [1.82, 2.24) is 25.4 Å². The molecule has 2 N–H and O–H groups in total. The van der Waals surface area contributed by atoms with Gasteiger partial charge in [-0.2, -0.15) is 5.26 Å². The smallest absolute Gasteiger partial charge is 0.255 e. The molecule has 1 saturated carbocycles. The minimum absolute atomic E-state index is 0.142. The predicted molar refractivity (Wildman–Crippen MR) is 217 cm³/mol. The molecule has 1 atom stereocenters. The van der Waals surface area contributed by atoms with Crippen LogP contribution in [0.4, 0.5) is 10.1 Å². The van der Waals surface area contributed by atoms with Gasteiger partial charge < -0.3 is 19.9 Å². The number of nitrogens with one attached hydrogen (secondary N) is 2. The number of carbonyl (C=O) groups excluding carboxylic acids is 4. The molecule has 0 unspecified atom stereocenters. The van der Waals surface area contributed by atoms with E-state index in [1.165, 1.54) is 11.0 Å². The Hall–Kier alpha value is -5.06. The number of anilines is 1. The second-order valence-electron chi connectivity index (χ2n) is 17.2. The zero-order valence-electron chi connectivity index (χ0n) is 33.6. The SMILES string of the molecule is CC1(C)[C@H](NC(=O)c2ccc(CCCCCCN3CCN(c4cc5c(cc4F)CN([C@H]4CCC(=O)NC4=O)C5=O)CC3)nc2)C(C)(C)[C@H]1Oc1ccc(C#N)c(Cl)c1. The molecule has 14 heteroatoms. The van der Waals surface area contributed by atoms with Crippen LogP contribution in [0.1, 0.15) is 104 Å².